The smallest absolute Gasteiger partial charge is 0.0588 e. The molecule has 0 aromatic carbocycles. The van der Waals surface area contributed by atoms with Crippen molar-refractivity contribution in [2.24, 2.45) is 7.05 Å². The van der Waals surface area contributed by atoms with Crippen LogP contribution < -0.4 is 5.32 Å². The van der Waals surface area contributed by atoms with E-state index in [0.717, 1.165) is 26.1 Å². The molecule has 1 aromatic rings. The van der Waals surface area contributed by atoms with E-state index in [0.29, 0.717) is 6.10 Å². The predicted molar refractivity (Wildman–Crippen MR) is 60.7 cm³/mol. The van der Waals surface area contributed by atoms with Crippen molar-refractivity contribution in [1.29, 1.82) is 0 Å². The summed E-state index contributed by atoms with van der Waals surface area (Å²) < 4.78 is 7.65. The minimum Gasteiger partial charge on any atom is -0.378 e. The molecule has 1 saturated heterocycles. The van der Waals surface area contributed by atoms with Crippen LogP contribution in [-0.2, 0) is 18.3 Å². The lowest BCUT2D eigenvalue weighted by Crippen LogP contribution is -2.19. The molecule has 3 heteroatoms. The summed E-state index contributed by atoms with van der Waals surface area (Å²) in [6, 6.07) is 2.15. The van der Waals surface area contributed by atoms with Crippen LogP contribution in [0.5, 0.6) is 0 Å². The van der Waals surface area contributed by atoms with Crippen LogP contribution in [0, 0.1) is 0 Å². The van der Waals surface area contributed by atoms with Crippen LogP contribution in [0.1, 0.15) is 24.8 Å². The fraction of sp³-hybridized carbons (Fsp3) is 0.667. The monoisotopic (exact) mass is 208 g/mol. The van der Waals surface area contributed by atoms with E-state index in [4.69, 9.17) is 4.74 Å². The number of rotatable bonds is 5. The Bertz CT molecular complexity index is 290. The number of nitrogens with zero attached hydrogens (tertiary/aromatic N) is 1. The summed E-state index contributed by atoms with van der Waals surface area (Å²) in [6.45, 7) is 2.98. The zero-order valence-corrected chi connectivity index (χ0v) is 9.41. The molecule has 1 aliphatic rings. The molecule has 0 saturated carbocycles. The molecule has 0 radical (unpaired) electrons. The quantitative estimate of drug-likeness (QED) is 0.745. The Morgan fingerprint density at radius 3 is 3.20 bits per heavy atom. The molecule has 1 atom stereocenters. The summed E-state index contributed by atoms with van der Waals surface area (Å²) in [5.74, 6) is 0. The van der Waals surface area contributed by atoms with Gasteiger partial charge in [-0.1, -0.05) is 0 Å². The van der Waals surface area contributed by atoms with Crippen LogP contribution in [0.15, 0.2) is 18.5 Å². The van der Waals surface area contributed by atoms with Gasteiger partial charge in [0.1, 0.15) is 0 Å². The second-order valence-corrected chi connectivity index (χ2v) is 4.29. The number of ether oxygens (including phenoxy) is 1. The highest BCUT2D eigenvalue weighted by Gasteiger charge is 2.14. The van der Waals surface area contributed by atoms with Crippen molar-refractivity contribution in [1.82, 2.24) is 9.88 Å². The summed E-state index contributed by atoms with van der Waals surface area (Å²) in [6.07, 6.45) is 8.37. The molecule has 0 spiro atoms. The number of hydrogen-bond acceptors (Lipinski definition) is 2. The number of hydrogen-bond donors (Lipinski definition) is 1. The number of aromatic nitrogens is 1. The molecule has 15 heavy (non-hydrogen) atoms. The first-order valence-electron chi connectivity index (χ1n) is 5.78. The molecule has 0 bridgehead atoms. The van der Waals surface area contributed by atoms with Gasteiger partial charge in [-0.15, -0.1) is 0 Å². The molecule has 3 nitrogen and oxygen atoms in total. The average molecular weight is 208 g/mol. The molecule has 1 fully saturated rings. The fourth-order valence-corrected chi connectivity index (χ4v) is 2.03. The predicted octanol–water partition coefficient (Wildman–Crippen LogP) is 1.68. The Labute approximate surface area is 91.4 Å². The lowest BCUT2D eigenvalue weighted by atomic mass is 10.2. The molecule has 1 unspecified atom stereocenters. The van der Waals surface area contributed by atoms with Gasteiger partial charge < -0.3 is 14.6 Å². The van der Waals surface area contributed by atoms with Gasteiger partial charge in [-0.25, -0.2) is 0 Å². The summed E-state index contributed by atoms with van der Waals surface area (Å²) in [4.78, 5) is 0. The van der Waals surface area contributed by atoms with Crippen molar-refractivity contribution >= 4 is 0 Å². The molecule has 2 heterocycles. The zero-order valence-electron chi connectivity index (χ0n) is 9.41. The standard InChI is InChI=1S/C12H20N2O/c1-14-7-5-11(10-14)9-13-6-4-12-3-2-8-15-12/h5,7,10,12-13H,2-4,6,8-9H2,1H3. The summed E-state index contributed by atoms with van der Waals surface area (Å²) in [5, 5.41) is 3.45. The number of nitrogens with one attached hydrogen (secondary N) is 1. The van der Waals surface area contributed by atoms with Gasteiger partial charge in [-0.2, -0.15) is 0 Å². The van der Waals surface area contributed by atoms with E-state index in [1.54, 1.807) is 0 Å². The van der Waals surface area contributed by atoms with E-state index in [1.165, 1.54) is 18.4 Å². The lowest BCUT2D eigenvalue weighted by molar-refractivity contribution is 0.104. The minimum atomic E-state index is 0.508. The maximum Gasteiger partial charge on any atom is 0.0588 e. The molecule has 0 aliphatic carbocycles. The van der Waals surface area contributed by atoms with Crippen molar-refractivity contribution in [3.63, 3.8) is 0 Å². The van der Waals surface area contributed by atoms with Crippen LogP contribution in [0.2, 0.25) is 0 Å². The van der Waals surface area contributed by atoms with Crippen molar-refractivity contribution in [3.8, 4) is 0 Å². The Hall–Kier alpha value is -0.800. The van der Waals surface area contributed by atoms with Crippen LogP contribution in [0.4, 0.5) is 0 Å². The average Bonchev–Trinajstić information content (AvgIpc) is 2.84. The highest BCUT2D eigenvalue weighted by Crippen LogP contribution is 2.14. The van der Waals surface area contributed by atoms with Gasteiger partial charge in [0, 0.05) is 32.6 Å². The summed E-state index contributed by atoms with van der Waals surface area (Å²) in [5.41, 5.74) is 1.35. The van der Waals surface area contributed by atoms with Gasteiger partial charge in [0.2, 0.25) is 0 Å². The van der Waals surface area contributed by atoms with Crippen LogP contribution in [-0.4, -0.2) is 23.8 Å². The molecule has 1 aliphatic heterocycles. The normalized spacial score (nSPS) is 21.0. The Balaban J connectivity index is 1.58. The Morgan fingerprint density at radius 2 is 2.53 bits per heavy atom. The van der Waals surface area contributed by atoms with Gasteiger partial charge in [-0.05, 0) is 37.4 Å². The molecule has 0 amide bonds. The van der Waals surface area contributed by atoms with E-state index in [9.17, 15) is 0 Å². The van der Waals surface area contributed by atoms with Gasteiger partial charge in [0.05, 0.1) is 6.10 Å². The maximum absolute atomic E-state index is 5.57. The Kier molecular flexibility index (Phi) is 3.80. The first-order valence-corrected chi connectivity index (χ1v) is 5.78. The van der Waals surface area contributed by atoms with Gasteiger partial charge in [-0.3, -0.25) is 0 Å². The first-order chi connectivity index (χ1) is 7.34. The highest BCUT2D eigenvalue weighted by atomic mass is 16.5. The third-order valence-electron chi connectivity index (χ3n) is 2.89. The first kappa shape index (κ1) is 10.7. The van der Waals surface area contributed by atoms with Crippen LogP contribution in [0.25, 0.3) is 0 Å². The van der Waals surface area contributed by atoms with Crippen molar-refractivity contribution in [2.45, 2.75) is 31.9 Å². The topological polar surface area (TPSA) is 26.2 Å². The molecule has 1 aromatic heterocycles. The Morgan fingerprint density at radius 1 is 1.60 bits per heavy atom. The van der Waals surface area contributed by atoms with Crippen molar-refractivity contribution in [3.05, 3.63) is 24.0 Å². The lowest BCUT2D eigenvalue weighted by Gasteiger charge is -2.09. The highest BCUT2D eigenvalue weighted by molar-refractivity contribution is 5.09. The van der Waals surface area contributed by atoms with Crippen molar-refractivity contribution < 1.29 is 4.74 Å². The fourth-order valence-electron chi connectivity index (χ4n) is 2.03. The SMILES string of the molecule is Cn1ccc(CNCCC2CCCO2)c1. The summed E-state index contributed by atoms with van der Waals surface area (Å²) >= 11 is 0. The molecular formula is C12H20N2O. The molecule has 84 valence electrons. The van der Waals surface area contributed by atoms with Crippen molar-refractivity contribution in [2.75, 3.05) is 13.2 Å². The van der Waals surface area contributed by atoms with Crippen LogP contribution >= 0.6 is 0 Å². The van der Waals surface area contributed by atoms with Gasteiger partial charge in [0.15, 0.2) is 0 Å². The zero-order chi connectivity index (χ0) is 10.5. The second-order valence-electron chi connectivity index (χ2n) is 4.29. The molecular weight excluding hydrogens is 188 g/mol. The maximum atomic E-state index is 5.57. The molecule has 1 N–H and O–H groups in total. The number of aryl methyl sites for hydroxylation is 1. The molecule has 2 rings (SSSR count). The van der Waals surface area contributed by atoms with E-state index in [-0.39, 0.29) is 0 Å². The van der Waals surface area contributed by atoms with E-state index in [2.05, 4.69) is 35.4 Å². The van der Waals surface area contributed by atoms with E-state index >= 15 is 0 Å². The third kappa shape index (κ3) is 3.36. The van der Waals surface area contributed by atoms with E-state index < -0.39 is 0 Å². The van der Waals surface area contributed by atoms with Gasteiger partial charge in [0.25, 0.3) is 0 Å². The minimum absolute atomic E-state index is 0.508. The summed E-state index contributed by atoms with van der Waals surface area (Å²) in [7, 11) is 2.05. The second kappa shape index (κ2) is 5.33. The van der Waals surface area contributed by atoms with Crippen LogP contribution in [0.3, 0.4) is 0 Å². The third-order valence-corrected chi connectivity index (χ3v) is 2.89. The largest absolute Gasteiger partial charge is 0.378 e. The van der Waals surface area contributed by atoms with E-state index in [1.807, 2.05) is 0 Å². The van der Waals surface area contributed by atoms with Gasteiger partial charge >= 0.3 is 0 Å².